The summed E-state index contributed by atoms with van der Waals surface area (Å²) in [5.74, 6) is 1.03. The van der Waals surface area contributed by atoms with E-state index in [4.69, 9.17) is 3.10 Å². The SMILES string of the molecule is Cc1cccc(C2=CC(c3ccccc3)=[Te]O2)c1. The molecule has 0 spiro atoms. The Balaban J connectivity index is 1.91. The third-order valence-corrected chi connectivity index (χ3v) is 5.12. The summed E-state index contributed by atoms with van der Waals surface area (Å²) in [7, 11) is 0. The predicted molar refractivity (Wildman–Crippen MR) is 76.5 cm³/mol. The molecule has 0 unspecified atom stereocenters. The van der Waals surface area contributed by atoms with Gasteiger partial charge in [0.2, 0.25) is 0 Å². The summed E-state index contributed by atoms with van der Waals surface area (Å²) in [5, 5.41) is 0. The van der Waals surface area contributed by atoms with Crippen molar-refractivity contribution in [1.82, 2.24) is 0 Å². The van der Waals surface area contributed by atoms with Gasteiger partial charge in [-0.05, 0) is 0 Å². The quantitative estimate of drug-likeness (QED) is 0.757. The van der Waals surface area contributed by atoms with Crippen LogP contribution in [0.5, 0.6) is 0 Å². The first-order valence-corrected chi connectivity index (χ1v) is 8.00. The Kier molecular flexibility index (Phi) is 3.32. The van der Waals surface area contributed by atoms with E-state index in [-0.39, 0.29) is 0 Å². The van der Waals surface area contributed by atoms with Crippen LogP contribution in [0.4, 0.5) is 0 Å². The van der Waals surface area contributed by atoms with Gasteiger partial charge in [0.15, 0.2) is 0 Å². The molecule has 0 N–H and O–H groups in total. The number of benzene rings is 2. The standard InChI is InChI=1S/C16H13OTe/c1-12-6-5-9-14(10-12)15-11-16(18-17-15)13-7-3-2-4-8-13/h2-11H,1H3. The second kappa shape index (κ2) is 5.10. The molecular weight excluding hydrogens is 336 g/mol. The van der Waals surface area contributed by atoms with Crippen molar-refractivity contribution in [3.05, 3.63) is 77.4 Å². The molecule has 2 heteroatoms. The van der Waals surface area contributed by atoms with Crippen LogP contribution in [0.3, 0.4) is 0 Å². The zero-order valence-corrected chi connectivity index (χ0v) is 12.4. The molecule has 3 rings (SSSR count). The van der Waals surface area contributed by atoms with E-state index >= 15 is 0 Å². The van der Waals surface area contributed by atoms with E-state index in [1.807, 2.05) is 6.07 Å². The van der Waals surface area contributed by atoms with Gasteiger partial charge in [-0.15, -0.1) is 0 Å². The summed E-state index contributed by atoms with van der Waals surface area (Å²) >= 11 is -0.539. The Hall–Kier alpha value is -1.36. The van der Waals surface area contributed by atoms with E-state index in [9.17, 15) is 0 Å². The molecule has 89 valence electrons. The Morgan fingerprint density at radius 3 is 2.44 bits per heavy atom. The summed E-state index contributed by atoms with van der Waals surface area (Å²) in [6.45, 7) is 2.11. The minimum atomic E-state index is -0.539. The van der Waals surface area contributed by atoms with E-state index < -0.39 is 20.9 Å². The van der Waals surface area contributed by atoms with Crippen molar-refractivity contribution in [2.45, 2.75) is 6.92 Å². The van der Waals surface area contributed by atoms with E-state index in [1.54, 1.807) is 0 Å². The molecule has 1 heterocycles. The molecule has 0 saturated carbocycles. The van der Waals surface area contributed by atoms with Crippen LogP contribution in [0.15, 0.2) is 60.7 Å². The van der Waals surface area contributed by atoms with Crippen molar-refractivity contribution in [3.63, 3.8) is 0 Å². The molecule has 0 aromatic heterocycles. The third-order valence-electron chi connectivity index (χ3n) is 2.84. The Morgan fingerprint density at radius 1 is 0.889 bits per heavy atom. The molecule has 0 bridgehead atoms. The molecule has 2 aromatic rings. The fourth-order valence-corrected chi connectivity index (χ4v) is 3.95. The van der Waals surface area contributed by atoms with Crippen molar-refractivity contribution >= 4 is 30.2 Å². The van der Waals surface area contributed by atoms with E-state index in [2.05, 4.69) is 61.5 Å². The van der Waals surface area contributed by atoms with Crippen molar-refractivity contribution in [3.8, 4) is 0 Å². The molecule has 0 aliphatic carbocycles. The van der Waals surface area contributed by atoms with E-state index in [0.717, 1.165) is 5.76 Å². The first-order valence-electron chi connectivity index (χ1n) is 5.88. The zero-order chi connectivity index (χ0) is 12.4. The van der Waals surface area contributed by atoms with Gasteiger partial charge in [0.1, 0.15) is 0 Å². The molecule has 1 radical (unpaired) electrons. The Bertz CT molecular complexity index is 627. The molecule has 1 aliphatic heterocycles. The van der Waals surface area contributed by atoms with Gasteiger partial charge in [0.25, 0.3) is 0 Å². The van der Waals surface area contributed by atoms with Gasteiger partial charge in [0.05, 0.1) is 0 Å². The molecule has 18 heavy (non-hydrogen) atoms. The summed E-state index contributed by atoms with van der Waals surface area (Å²) in [4.78, 5) is 0. The van der Waals surface area contributed by atoms with Crippen LogP contribution in [0.1, 0.15) is 16.7 Å². The minimum absolute atomic E-state index is 0.539. The van der Waals surface area contributed by atoms with Gasteiger partial charge in [-0.3, -0.25) is 0 Å². The number of aryl methyl sites for hydroxylation is 1. The van der Waals surface area contributed by atoms with Gasteiger partial charge < -0.3 is 0 Å². The molecule has 1 nitrogen and oxygen atoms in total. The molecule has 0 fully saturated rings. The van der Waals surface area contributed by atoms with Gasteiger partial charge in [-0.2, -0.15) is 0 Å². The molecule has 0 amide bonds. The van der Waals surface area contributed by atoms with Crippen LogP contribution in [-0.4, -0.2) is 24.4 Å². The average molecular weight is 349 g/mol. The summed E-state index contributed by atoms with van der Waals surface area (Å²) < 4.78 is 7.29. The van der Waals surface area contributed by atoms with Crippen molar-refractivity contribution in [1.29, 1.82) is 0 Å². The van der Waals surface area contributed by atoms with E-state index in [1.165, 1.54) is 20.2 Å². The first-order chi connectivity index (χ1) is 8.83. The Morgan fingerprint density at radius 2 is 1.67 bits per heavy atom. The fraction of sp³-hybridized carbons (Fsp3) is 0.0625. The van der Waals surface area contributed by atoms with Crippen molar-refractivity contribution in [2.24, 2.45) is 0 Å². The molecule has 1 aliphatic rings. The summed E-state index contributed by atoms with van der Waals surface area (Å²) in [6, 6.07) is 19.0. The maximum atomic E-state index is 5.92. The van der Waals surface area contributed by atoms with Gasteiger partial charge in [0, 0.05) is 0 Å². The van der Waals surface area contributed by atoms with Crippen LogP contribution >= 0.6 is 0 Å². The van der Waals surface area contributed by atoms with Crippen molar-refractivity contribution < 1.29 is 3.10 Å². The number of rotatable bonds is 2. The summed E-state index contributed by atoms with van der Waals surface area (Å²) in [6.07, 6.45) is 2.20. The maximum absolute atomic E-state index is 5.92. The molecule has 0 saturated heterocycles. The van der Waals surface area contributed by atoms with Crippen LogP contribution in [0, 0.1) is 6.92 Å². The fourth-order valence-electron chi connectivity index (χ4n) is 1.92. The van der Waals surface area contributed by atoms with Gasteiger partial charge in [-0.1, -0.05) is 0 Å². The second-order valence-corrected chi connectivity index (χ2v) is 6.48. The van der Waals surface area contributed by atoms with E-state index in [0.29, 0.717) is 0 Å². The first kappa shape index (κ1) is 11.7. The third kappa shape index (κ3) is 2.41. The number of allylic oxidation sites excluding steroid dienone is 1. The average Bonchev–Trinajstić information content (AvgIpc) is 2.89. The van der Waals surface area contributed by atoms with Gasteiger partial charge >= 0.3 is 118 Å². The van der Waals surface area contributed by atoms with Crippen LogP contribution in [-0.2, 0) is 3.10 Å². The normalized spacial score (nSPS) is 13.8. The molecular formula is C16H13OTe. The van der Waals surface area contributed by atoms with Crippen LogP contribution in [0.2, 0.25) is 0 Å². The van der Waals surface area contributed by atoms with Crippen LogP contribution in [0.25, 0.3) is 5.76 Å². The van der Waals surface area contributed by atoms with Crippen molar-refractivity contribution in [2.75, 3.05) is 0 Å². The summed E-state index contributed by atoms with van der Waals surface area (Å²) in [5.41, 5.74) is 3.75. The molecule has 0 atom stereocenters. The second-order valence-electron chi connectivity index (χ2n) is 4.28. The van der Waals surface area contributed by atoms with Gasteiger partial charge in [-0.25, -0.2) is 0 Å². The zero-order valence-electron chi connectivity index (χ0n) is 10.1. The monoisotopic (exact) mass is 351 g/mol. The molecule has 2 aromatic carbocycles. The Labute approximate surface area is 117 Å². The van der Waals surface area contributed by atoms with Crippen LogP contribution < -0.4 is 0 Å². The number of hydrogen-bond donors (Lipinski definition) is 0. The number of hydrogen-bond acceptors (Lipinski definition) is 1. The predicted octanol–water partition coefficient (Wildman–Crippen LogP) is 3.21. The topological polar surface area (TPSA) is 9.23 Å².